The molecule has 0 aliphatic heterocycles. The molecule has 0 N–H and O–H groups in total. The van der Waals surface area contributed by atoms with E-state index < -0.39 is 10.0 Å². The first-order valence-electron chi connectivity index (χ1n) is 5.09. The Balaban J connectivity index is 2.20. The zero-order valence-electron chi connectivity index (χ0n) is 9.87. The van der Waals surface area contributed by atoms with Gasteiger partial charge < -0.3 is 0 Å². The Kier molecular flexibility index (Phi) is 3.76. The number of nitrogens with zero attached hydrogens (tertiary/aromatic N) is 3. The van der Waals surface area contributed by atoms with E-state index in [0.717, 1.165) is 0 Å². The molecule has 0 bridgehead atoms. The zero-order chi connectivity index (χ0) is 13.3. The predicted molar refractivity (Wildman–Crippen MR) is 71.2 cm³/mol. The minimum Gasteiger partial charge on any atom is -0.257 e. The highest BCUT2D eigenvalue weighted by Gasteiger charge is 2.22. The van der Waals surface area contributed by atoms with E-state index in [1.54, 1.807) is 30.6 Å². The van der Waals surface area contributed by atoms with Gasteiger partial charge >= 0.3 is 0 Å². The van der Waals surface area contributed by atoms with Gasteiger partial charge in [0.25, 0.3) is 10.0 Å². The van der Waals surface area contributed by atoms with Crippen LogP contribution in [0.2, 0.25) is 5.15 Å². The third-order valence-electron chi connectivity index (χ3n) is 2.42. The molecule has 0 unspecified atom stereocenters. The molecule has 2 heterocycles. The molecular formula is C10H12ClN3O2S2. The van der Waals surface area contributed by atoms with E-state index in [2.05, 4.69) is 5.10 Å². The normalized spacial score (nSPS) is 12.2. The van der Waals surface area contributed by atoms with Gasteiger partial charge in [-0.1, -0.05) is 17.7 Å². The number of hydrogen-bond acceptors (Lipinski definition) is 4. The van der Waals surface area contributed by atoms with Gasteiger partial charge in [-0.25, -0.2) is 8.42 Å². The SMILES string of the molecule is CN(Cc1cc(Cl)n(C)n1)S(=O)(=O)c1cccs1. The summed E-state index contributed by atoms with van der Waals surface area (Å²) < 4.78 is 27.4. The lowest BCUT2D eigenvalue weighted by molar-refractivity contribution is 0.461. The molecule has 0 aliphatic rings. The molecule has 0 spiro atoms. The Morgan fingerprint density at radius 2 is 2.28 bits per heavy atom. The molecule has 2 rings (SSSR count). The first-order chi connectivity index (χ1) is 8.41. The molecule has 0 fully saturated rings. The van der Waals surface area contributed by atoms with Gasteiger partial charge in [0.05, 0.1) is 12.2 Å². The van der Waals surface area contributed by atoms with Crippen LogP contribution in [0.15, 0.2) is 27.8 Å². The number of hydrogen-bond donors (Lipinski definition) is 0. The maximum absolute atomic E-state index is 12.2. The van der Waals surface area contributed by atoms with Crippen LogP contribution in [0.25, 0.3) is 0 Å². The van der Waals surface area contributed by atoms with Gasteiger partial charge in [-0.05, 0) is 17.5 Å². The molecule has 0 aromatic carbocycles. The zero-order valence-corrected chi connectivity index (χ0v) is 12.3. The van der Waals surface area contributed by atoms with Gasteiger partial charge in [0, 0.05) is 14.1 Å². The average molecular weight is 306 g/mol. The molecule has 0 radical (unpaired) electrons. The summed E-state index contributed by atoms with van der Waals surface area (Å²) in [5.41, 5.74) is 0.616. The van der Waals surface area contributed by atoms with Crippen molar-refractivity contribution in [2.24, 2.45) is 7.05 Å². The summed E-state index contributed by atoms with van der Waals surface area (Å²) in [4.78, 5) is 0. The molecule has 5 nitrogen and oxygen atoms in total. The summed E-state index contributed by atoms with van der Waals surface area (Å²) in [6.07, 6.45) is 0. The lowest BCUT2D eigenvalue weighted by Crippen LogP contribution is -2.26. The maximum atomic E-state index is 12.2. The third kappa shape index (κ3) is 2.59. The van der Waals surface area contributed by atoms with E-state index in [4.69, 9.17) is 11.6 Å². The molecule has 0 atom stereocenters. The Labute approximate surface area is 115 Å². The van der Waals surface area contributed by atoms with Gasteiger partial charge in [-0.15, -0.1) is 11.3 Å². The van der Waals surface area contributed by atoms with Crippen LogP contribution < -0.4 is 0 Å². The fourth-order valence-corrected chi connectivity index (χ4v) is 3.96. The molecule has 8 heteroatoms. The fourth-order valence-electron chi connectivity index (χ4n) is 1.45. The van der Waals surface area contributed by atoms with Crippen molar-refractivity contribution in [3.8, 4) is 0 Å². The molecule has 0 saturated heterocycles. The van der Waals surface area contributed by atoms with Crippen LogP contribution in [0.4, 0.5) is 0 Å². The smallest absolute Gasteiger partial charge is 0.252 e. The van der Waals surface area contributed by atoms with Crippen LogP contribution in [0.5, 0.6) is 0 Å². The summed E-state index contributed by atoms with van der Waals surface area (Å²) in [6.45, 7) is 0.195. The van der Waals surface area contributed by atoms with Gasteiger partial charge in [-0.3, -0.25) is 4.68 Å². The van der Waals surface area contributed by atoms with Crippen molar-refractivity contribution < 1.29 is 8.42 Å². The lowest BCUT2D eigenvalue weighted by Gasteiger charge is -2.14. The summed E-state index contributed by atoms with van der Waals surface area (Å²) in [7, 11) is -0.205. The molecule has 18 heavy (non-hydrogen) atoms. The highest BCUT2D eigenvalue weighted by molar-refractivity contribution is 7.91. The standard InChI is InChI=1S/C10H12ClN3O2S2/c1-13(7-8-6-9(11)14(2)12-8)18(15,16)10-4-3-5-17-10/h3-6H,7H2,1-2H3. The second-order valence-electron chi connectivity index (χ2n) is 3.78. The van der Waals surface area contributed by atoms with Crippen LogP contribution in [0.1, 0.15) is 5.69 Å². The molecule has 0 aliphatic carbocycles. The van der Waals surface area contributed by atoms with Crippen molar-refractivity contribution in [3.63, 3.8) is 0 Å². The van der Waals surface area contributed by atoms with Gasteiger partial charge in [0.15, 0.2) is 0 Å². The second kappa shape index (κ2) is 5.00. The van der Waals surface area contributed by atoms with E-state index in [1.165, 1.54) is 27.4 Å². The van der Waals surface area contributed by atoms with Crippen LogP contribution in [-0.4, -0.2) is 29.6 Å². The molecule has 0 amide bonds. The number of rotatable bonds is 4. The van der Waals surface area contributed by atoms with Crippen molar-refractivity contribution in [3.05, 3.63) is 34.4 Å². The predicted octanol–water partition coefficient (Wildman–Crippen LogP) is 1.96. The Bertz CT molecular complexity index is 615. The van der Waals surface area contributed by atoms with Crippen molar-refractivity contribution in [2.45, 2.75) is 10.8 Å². The van der Waals surface area contributed by atoms with Gasteiger partial charge in [0.1, 0.15) is 9.36 Å². The number of sulfonamides is 1. The van der Waals surface area contributed by atoms with E-state index in [0.29, 0.717) is 15.1 Å². The van der Waals surface area contributed by atoms with E-state index >= 15 is 0 Å². The van der Waals surface area contributed by atoms with Crippen molar-refractivity contribution >= 4 is 33.0 Å². The minimum absolute atomic E-state index is 0.195. The summed E-state index contributed by atoms with van der Waals surface area (Å²) in [6, 6.07) is 4.95. The average Bonchev–Trinajstić information content (AvgIpc) is 2.90. The fraction of sp³-hybridized carbons (Fsp3) is 0.300. The number of halogens is 1. The van der Waals surface area contributed by atoms with E-state index in [9.17, 15) is 8.42 Å². The number of aryl methyl sites for hydroxylation is 1. The Hall–Kier alpha value is -0.890. The minimum atomic E-state index is -3.44. The monoisotopic (exact) mass is 305 g/mol. The lowest BCUT2D eigenvalue weighted by atomic mass is 10.4. The van der Waals surface area contributed by atoms with Crippen LogP contribution in [0, 0.1) is 0 Å². The largest absolute Gasteiger partial charge is 0.257 e. The third-order valence-corrected chi connectivity index (χ3v) is 5.95. The molecule has 2 aromatic rings. The van der Waals surface area contributed by atoms with Gasteiger partial charge in [0.2, 0.25) is 0 Å². The summed E-state index contributed by atoms with van der Waals surface area (Å²) in [5, 5.41) is 6.34. The van der Waals surface area contributed by atoms with Crippen LogP contribution >= 0.6 is 22.9 Å². The van der Waals surface area contributed by atoms with E-state index in [-0.39, 0.29) is 6.54 Å². The van der Waals surface area contributed by atoms with Crippen molar-refractivity contribution in [2.75, 3.05) is 7.05 Å². The quantitative estimate of drug-likeness (QED) is 0.867. The van der Waals surface area contributed by atoms with Crippen LogP contribution in [0.3, 0.4) is 0 Å². The highest BCUT2D eigenvalue weighted by Crippen LogP contribution is 2.21. The topological polar surface area (TPSA) is 55.2 Å². The maximum Gasteiger partial charge on any atom is 0.252 e. The molecule has 98 valence electrons. The molecule has 2 aromatic heterocycles. The highest BCUT2D eigenvalue weighted by atomic mass is 35.5. The number of thiophene rings is 1. The van der Waals surface area contributed by atoms with Gasteiger partial charge in [-0.2, -0.15) is 9.40 Å². The molecule has 0 saturated carbocycles. The Morgan fingerprint density at radius 1 is 1.56 bits per heavy atom. The van der Waals surface area contributed by atoms with E-state index in [1.807, 2.05) is 0 Å². The van der Waals surface area contributed by atoms with Crippen molar-refractivity contribution in [1.82, 2.24) is 14.1 Å². The summed E-state index contributed by atoms with van der Waals surface area (Å²) >= 11 is 7.06. The van der Waals surface area contributed by atoms with Crippen LogP contribution in [-0.2, 0) is 23.6 Å². The molecular weight excluding hydrogens is 294 g/mol. The second-order valence-corrected chi connectivity index (χ2v) is 7.38. The van der Waals surface area contributed by atoms with Crippen molar-refractivity contribution in [1.29, 1.82) is 0 Å². The first kappa shape index (κ1) is 13.5. The number of aromatic nitrogens is 2. The first-order valence-corrected chi connectivity index (χ1v) is 7.79. The Morgan fingerprint density at radius 3 is 2.78 bits per heavy atom. The summed E-state index contributed by atoms with van der Waals surface area (Å²) in [5.74, 6) is 0.